The number of benzene rings is 2. The molecule has 1 heterocycles. The molecule has 1 fully saturated rings. The standard InChI is InChI=1S/C17H16ClNO2/c18-14-10-17(20)19(12-14)11-13-6-4-5-9-16(13)21-15-7-2-1-3-8-15/h1-9,14H,10-12H2. The zero-order valence-electron chi connectivity index (χ0n) is 11.5. The average molecular weight is 302 g/mol. The summed E-state index contributed by atoms with van der Waals surface area (Å²) < 4.78 is 5.91. The van der Waals surface area contributed by atoms with E-state index >= 15 is 0 Å². The van der Waals surface area contributed by atoms with Gasteiger partial charge < -0.3 is 9.64 Å². The summed E-state index contributed by atoms with van der Waals surface area (Å²) in [5.41, 5.74) is 0.987. The molecule has 1 atom stereocenters. The summed E-state index contributed by atoms with van der Waals surface area (Å²) in [6, 6.07) is 17.4. The molecule has 0 aromatic heterocycles. The van der Waals surface area contributed by atoms with E-state index in [1.165, 1.54) is 0 Å². The quantitative estimate of drug-likeness (QED) is 0.804. The van der Waals surface area contributed by atoms with Gasteiger partial charge in [-0.2, -0.15) is 0 Å². The van der Waals surface area contributed by atoms with Crippen LogP contribution in [0.5, 0.6) is 11.5 Å². The number of rotatable bonds is 4. The van der Waals surface area contributed by atoms with Crippen LogP contribution in [0.1, 0.15) is 12.0 Å². The zero-order chi connectivity index (χ0) is 14.7. The molecule has 1 unspecified atom stereocenters. The Labute approximate surface area is 129 Å². The summed E-state index contributed by atoms with van der Waals surface area (Å²) in [5, 5.41) is -0.0836. The highest BCUT2D eigenvalue weighted by Crippen LogP contribution is 2.28. The molecular formula is C17H16ClNO2. The van der Waals surface area contributed by atoms with Gasteiger partial charge in [0.15, 0.2) is 0 Å². The van der Waals surface area contributed by atoms with E-state index in [9.17, 15) is 4.79 Å². The predicted molar refractivity (Wildman–Crippen MR) is 82.6 cm³/mol. The fourth-order valence-corrected chi connectivity index (χ4v) is 2.73. The lowest BCUT2D eigenvalue weighted by Gasteiger charge is -2.18. The number of hydrogen-bond donors (Lipinski definition) is 0. The van der Waals surface area contributed by atoms with Crippen LogP contribution in [0.3, 0.4) is 0 Å². The minimum Gasteiger partial charge on any atom is -0.457 e. The molecule has 3 rings (SSSR count). The summed E-state index contributed by atoms with van der Waals surface area (Å²) in [7, 11) is 0. The van der Waals surface area contributed by atoms with Gasteiger partial charge >= 0.3 is 0 Å². The van der Waals surface area contributed by atoms with Gasteiger partial charge in [-0.05, 0) is 18.2 Å². The predicted octanol–water partition coefficient (Wildman–Crippen LogP) is 3.82. The molecule has 0 N–H and O–H groups in total. The number of carbonyl (C=O) groups excluding carboxylic acids is 1. The molecule has 21 heavy (non-hydrogen) atoms. The molecular weight excluding hydrogens is 286 g/mol. The maximum absolute atomic E-state index is 11.9. The third-order valence-electron chi connectivity index (χ3n) is 3.47. The SMILES string of the molecule is O=C1CC(Cl)CN1Cc1ccccc1Oc1ccccc1. The molecule has 2 aromatic rings. The van der Waals surface area contributed by atoms with E-state index in [1.807, 2.05) is 54.6 Å². The topological polar surface area (TPSA) is 29.5 Å². The molecule has 108 valence electrons. The number of nitrogens with zero attached hydrogens (tertiary/aromatic N) is 1. The van der Waals surface area contributed by atoms with Crippen LogP contribution in [0, 0.1) is 0 Å². The van der Waals surface area contributed by atoms with Crippen LogP contribution in [-0.4, -0.2) is 22.7 Å². The number of likely N-dealkylation sites (tertiary alicyclic amines) is 1. The second-order valence-electron chi connectivity index (χ2n) is 5.10. The number of hydrogen-bond acceptors (Lipinski definition) is 2. The lowest BCUT2D eigenvalue weighted by molar-refractivity contribution is -0.128. The largest absolute Gasteiger partial charge is 0.457 e. The van der Waals surface area contributed by atoms with E-state index in [0.717, 1.165) is 17.1 Å². The average Bonchev–Trinajstić information content (AvgIpc) is 2.80. The summed E-state index contributed by atoms with van der Waals surface area (Å²) in [4.78, 5) is 13.6. The van der Waals surface area contributed by atoms with E-state index in [1.54, 1.807) is 4.90 Å². The molecule has 0 bridgehead atoms. The van der Waals surface area contributed by atoms with Gasteiger partial charge in [-0.1, -0.05) is 36.4 Å². The van der Waals surface area contributed by atoms with Crippen molar-refractivity contribution in [1.29, 1.82) is 0 Å². The first-order chi connectivity index (χ1) is 10.2. The van der Waals surface area contributed by atoms with Gasteiger partial charge in [-0.3, -0.25) is 4.79 Å². The summed E-state index contributed by atoms with van der Waals surface area (Å²) >= 11 is 6.04. The zero-order valence-corrected chi connectivity index (χ0v) is 12.3. The molecule has 0 radical (unpaired) electrons. The normalized spacial score (nSPS) is 18.0. The molecule has 0 aliphatic carbocycles. The molecule has 1 saturated heterocycles. The molecule has 1 amide bonds. The minimum atomic E-state index is -0.0836. The van der Waals surface area contributed by atoms with Crippen LogP contribution in [0.2, 0.25) is 0 Å². The molecule has 2 aromatic carbocycles. The van der Waals surface area contributed by atoms with Crippen molar-refractivity contribution in [3.05, 3.63) is 60.2 Å². The highest BCUT2D eigenvalue weighted by Gasteiger charge is 2.28. The Balaban J connectivity index is 1.78. The minimum absolute atomic E-state index is 0.0836. The number of ether oxygens (including phenoxy) is 1. The van der Waals surface area contributed by atoms with Crippen molar-refractivity contribution in [3.8, 4) is 11.5 Å². The van der Waals surface area contributed by atoms with E-state index in [-0.39, 0.29) is 11.3 Å². The second-order valence-corrected chi connectivity index (χ2v) is 5.72. The van der Waals surface area contributed by atoms with Crippen molar-refractivity contribution in [2.75, 3.05) is 6.54 Å². The van der Waals surface area contributed by atoms with E-state index in [2.05, 4.69) is 0 Å². The van der Waals surface area contributed by atoms with Gasteiger partial charge in [-0.25, -0.2) is 0 Å². The first-order valence-corrected chi connectivity index (χ1v) is 7.38. The maximum Gasteiger partial charge on any atom is 0.224 e. The highest BCUT2D eigenvalue weighted by molar-refractivity contribution is 6.22. The van der Waals surface area contributed by atoms with Crippen LogP contribution in [0.15, 0.2) is 54.6 Å². The van der Waals surface area contributed by atoms with Crippen molar-refractivity contribution in [2.45, 2.75) is 18.3 Å². The Bertz CT molecular complexity index is 630. The number of halogens is 1. The molecule has 1 aliphatic heterocycles. The third kappa shape index (κ3) is 3.37. The maximum atomic E-state index is 11.9. The Morgan fingerprint density at radius 1 is 1.10 bits per heavy atom. The first-order valence-electron chi connectivity index (χ1n) is 6.95. The van der Waals surface area contributed by atoms with Crippen molar-refractivity contribution in [3.63, 3.8) is 0 Å². The van der Waals surface area contributed by atoms with Crippen molar-refractivity contribution in [2.24, 2.45) is 0 Å². The molecule has 3 nitrogen and oxygen atoms in total. The van der Waals surface area contributed by atoms with Crippen LogP contribution in [-0.2, 0) is 11.3 Å². The van der Waals surface area contributed by atoms with Gasteiger partial charge in [0, 0.05) is 25.1 Å². The number of alkyl halides is 1. The van der Waals surface area contributed by atoms with Gasteiger partial charge in [0.25, 0.3) is 0 Å². The Hall–Kier alpha value is -2.00. The monoisotopic (exact) mass is 301 g/mol. The summed E-state index contributed by atoms with van der Waals surface area (Å²) in [6.07, 6.45) is 0.420. The van der Waals surface area contributed by atoms with Gasteiger partial charge in [-0.15, -0.1) is 11.6 Å². The van der Waals surface area contributed by atoms with Gasteiger partial charge in [0.2, 0.25) is 5.91 Å². The van der Waals surface area contributed by atoms with Crippen LogP contribution in [0.25, 0.3) is 0 Å². The van der Waals surface area contributed by atoms with E-state index in [0.29, 0.717) is 19.5 Å². The van der Waals surface area contributed by atoms with Crippen LogP contribution < -0.4 is 4.74 Å². The fourth-order valence-electron chi connectivity index (χ4n) is 2.43. The lowest BCUT2D eigenvalue weighted by atomic mass is 10.2. The summed E-state index contributed by atoms with van der Waals surface area (Å²) in [6.45, 7) is 1.13. The lowest BCUT2D eigenvalue weighted by Crippen LogP contribution is -2.24. The molecule has 1 aliphatic rings. The molecule has 0 saturated carbocycles. The Kier molecular flexibility index (Phi) is 4.11. The number of para-hydroxylation sites is 2. The third-order valence-corrected chi connectivity index (χ3v) is 3.76. The Morgan fingerprint density at radius 2 is 1.81 bits per heavy atom. The van der Waals surface area contributed by atoms with E-state index < -0.39 is 0 Å². The van der Waals surface area contributed by atoms with Crippen LogP contribution >= 0.6 is 11.6 Å². The summed E-state index contributed by atoms with van der Waals surface area (Å²) in [5.74, 6) is 1.66. The van der Waals surface area contributed by atoms with Crippen molar-refractivity contribution >= 4 is 17.5 Å². The van der Waals surface area contributed by atoms with Crippen molar-refractivity contribution < 1.29 is 9.53 Å². The number of amides is 1. The van der Waals surface area contributed by atoms with E-state index in [4.69, 9.17) is 16.3 Å². The van der Waals surface area contributed by atoms with Gasteiger partial charge in [0.05, 0.1) is 5.38 Å². The first kappa shape index (κ1) is 14.0. The number of carbonyl (C=O) groups is 1. The van der Waals surface area contributed by atoms with Crippen molar-refractivity contribution in [1.82, 2.24) is 4.90 Å². The fraction of sp³-hybridized carbons (Fsp3) is 0.235. The highest BCUT2D eigenvalue weighted by atomic mass is 35.5. The molecule has 0 spiro atoms. The van der Waals surface area contributed by atoms with Crippen LogP contribution in [0.4, 0.5) is 0 Å². The second kappa shape index (κ2) is 6.19. The Morgan fingerprint density at radius 3 is 2.52 bits per heavy atom. The molecule has 4 heteroatoms. The smallest absolute Gasteiger partial charge is 0.224 e. The van der Waals surface area contributed by atoms with Gasteiger partial charge in [0.1, 0.15) is 11.5 Å².